The molecule has 2 aromatic heterocycles. The molecule has 0 saturated carbocycles. The summed E-state index contributed by atoms with van der Waals surface area (Å²) in [5.74, 6) is 0.766. The second-order valence-corrected chi connectivity index (χ2v) is 6.57. The Kier molecular flexibility index (Phi) is 4.73. The van der Waals surface area contributed by atoms with Crippen molar-refractivity contribution in [3.05, 3.63) is 66.1 Å². The highest BCUT2D eigenvalue weighted by molar-refractivity contribution is 5.52. The van der Waals surface area contributed by atoms with Crippen molar-refractivity contribution in [3.8, 4) is 11.4 Å². The average Bonchev–Trinajstić information content (AvgIpc) is 3.29. The van der Waals surface area contributed by atoms with E-state index in [4.69, 9.17) is 4.52 Å². The summed E-state index contributed by atoms with van der Waals surface area (Å²) in [7, 11) is 0. The van der Waals surface area contributed by atoms with Gasteiger partial charge in [-0.15, -0.1) is 0 Å². The molecule has 134 valence electrons. The summed E-state index contributed by atoms with van der Waals surface area (Å²) >= 11 is 0. The molecule has 0 aliphatic carbocycles. The van der Waals surface area contributed by atoms with E-state index in [0.717, 1.165) is 11.1 Å². The Morgan fingerprint density at radius 1 is 1.19 bits per heavy atom. The summed E-state index contributed by atoms with van der Waals surface area (Å²) in [6.45, 7) is 2.04. The second kappa shape index (κ2) is 7.31. The first-order valence-electron chi connectivity index (χ1n) is 8.54. The Labute approximate surface area is 150 Å². The minimum absolute atomic E-state index is 0.00861. The Bertz CT molecular complexity index is 871. The number of aromatic nitrogens is 3. The number of aliphatic hydroxyl groups is 1. The molecule has 0 spiro atoms. The van der Waals surface area contributed by atoms with Gasteiger partial charge in [0.25, 0.3) is 0 Å². The standard InChI is InChI=1S/C19H19FN4O2/c20-16-3-1-2-13(8-16)9-24-10-15(12-25)17(11-24)19-22-18(23-26-19)14-4-6-21-7-5-14/h1-8,15,17,25H,9-12H2. The van der Waals surface area contributed by atoms with E-state index in [1.54, 1.807) is 18.5 Å². The van der Waals surface area contributed by atoms with Crippen LogP contribution in [0.2, 0.25) is 0 Å². The van der Waals surface area contributed by atoms with Crippen molar-refractivity contribution in [1.29, 1.82) is 0 Å². The molecule has 0 radical (unpaired) electrons. The first-order chi connectivity index (χ1) is 12.7. The summed E-state index contributed by atoms with van der Waals surface area (Å²) in [5.41, 5.74) is 1.75. The third-order valence-electron chi connectivity index (χ3n) is 4.74. The summed E-state index contributed by atoms with van der Waals surface area (Å²) < 4.78 is 18.9. The van der Waals surface area contributed by atoms with Crippen LogP contribution in [0.25, 0.3) is 11.4 Å². The van der Waals surface area contributed by atoms with E-state index >= 15 is 0 Å². The van der Waals surface area contributed by atoms with Gasteiger partial charge >= 0.3 is 0 Å². The van der Waals surface area contributed by atoms with E-state index in [0.29, 0.717) is 31.3 Å². The molecule has 1 N–H and O–H groups in total. The van der Waals surface area contributed by atoms with Gasteiger partial charge in [-0.3, -0.25) is 9.88 Å². The number of benzene rings is 1. The molecule has 3 aromatic rings. The monoisotopic (exact) mass is 354 g/mol. The molecule has 6 nitrogen and oxygen atoms in total. The maximum absolute atomic E-state index is 13.4. The lowest BCUT2D eigenvalue weighted by Crippen LogP contribution is -2.21. The molecular formula is C19H19FN4O2. The number of pyridine rings is 1. The van der Waals surface area contributed by atoms with E-state index in [9.17, 15) is 9.50 Å². The van der Waals surface area contributed by atoms with Crippen molar-refractivity contribution >= 4 is 0 Å². The quantitative estimate of drug-likeness (QED) is 0.759. The first-order valence-corrected chi connectivity index (χ1v) is 8.54. The van der Waals surface area contributed by atoms with E-state index < -0.39 is 0 Å². The van der Waals surface area contributed by atoms with E-state index in [-0.39, 0.29) is 24.3 Å². The fourth-order valence-electron chi connectivity index (χ4n) is 3.45. The smallest absolute Gasteiger partial charge is 0.231 e. The van der Waals surface area contributed by atoms with Gasteiger partial charge in [0.2, 0.25) is 11.7 Å². The minimum Gasteiger partial charge on any atom is -0.396 e. The van der Waals surface area contributed by atoms with Crippen LogP contribution in [-0.4, -0.2) is 44.8 Å². The predicted octanol–water partition coefficient (Wildman–Crippen LogP) is 2.48. The number of aliphatic hydroxyl groups excluding tert-OH is 1. The van der Waals surface area contributed by atoms with Crippen LogP contribution in [0.1, 0.15) is 17.4 Å². The number of hydrogen-bond donors (Lipinski definition) is 1. The van der Waals surface area contributed by atoms with Crippen molar-refractivity contribution in [2.75, 3.05) is 19.7 Å². The summed E-state index contributed by atoms with van der Waals surface area (Å²) in [5, 5.41) is 13.8. The summed E-state index contributed by atoms with van der Waals surface area (Å²) in [6.07, 6.45) is 3.36. The maximum atomic E-state index is 13.4. The number of halogens is 1. The fraction of sp³-hybridized carbons (Fsp3) is 0.316. The van der Waals surface area contributed by atoms with Gasteiger partial charge in [0, 0.05) is 50.1 Å². The predicted molar refractivity (Wildman–Crippen MR) is 92.5 cm³/mol. The van der Waals surface area contributed by atoms with Gasteiger partial charge in [-0.05, 0) is 29.8 Å². The van der Waals surface area contributed by atoms with Gasteiger partial charge in [-0.2, -0.15) is 4.98 Å². The molecule has 1 saturated heterocycles. The van der Waals surface area contributed by atoms with Crippen molar-refractivity contribution in [2.24, 2.45) is 5.92 Å². The van der Waals surface area contributed by atoms with Gasteiger partial charge in [-0.1, -0.05) is 17.3 Å². The first kappa shape index (κ1) is 16.8. The minimum atomic E-state index is -0.240. The molecule has 1 aromatic carbocycles. The molecule has 3 heterocycles. The van der Waals surface area contributed by atoms with Crippen molar-refractivity contribution in [3.63, 3.8) is 0 Å². The highest BCUT2D eigenvalue weighted by Gasteiger charge is 2.37. The second-order valence-electron chi connectivity index (χ2n) is 6.57. The van der Waals surface area contributed by atoms with Crippen LogP contribution in [0.3, 0.4) is 0 Å². The Balaban J connectivity index is 1.50. The van der Waals surface area contributed by atoms with Gasteiger partial charge in [0.1, 0.15) is 5.82 Å². The van der Waals surface area contributed by atoms with E-state index in [2.05, 4.69) is 20.0 Å². The van der Waals surface area contributed by atoms with Crippen LogP contribution < -0.4 is 0 Å². The van der Waals surface area contributed by atoms with Crippen molar-refractivity contribution in [2.45, 2.75) is 12.5 Å². The molecular weight excluding hydrogens is 335 g/mol. The molecule has 1 aliphatic heterocycles. The van der Waals surface area contributed by atoms with Crippen LogP contribution >= 0.6 is 0 Å². The number of hydrogen-bond acceptors (Lipinski definition) is 6. The van der Waals surface area contributed by atoms with Crippen molar-refractivity contribution < 1.29 is 14.0 Å². The highest BCUT2D eigenvalue weighted by atomic mass is 19.1. The van der Waals surface area contributed by atoms with Crippen LogP contribution in [0.5, 0.6) is 0 Å². The van der Waals surface area contributed by atoms with Crippen molar-refractivity contribution in [1.82, 2.24) is 20.0 Å². The highest BCUT2D eigenvalue weighted by Crippen LogP contribution is 2.33. The van der Waals surface area contributed by atoms with E-state index in [1.165, 1.54) is 12.1 Å². The molecule has 0 amide bonds. The third kappa shape index (κ3) is 3.49. The normalized spacial score (nSPS) is 20.5. The van der Waals surface area contributed by atoms with Gasteiger partial charge in [0.05, 0.1) is 5.92 Å². The van der Waals surface area contributed by atoms with Crippen LogP contribution in [0.15, 0.2) is 53.3 Å². The zero-order valence-electron chi connectivity index (χ0n) is 14.1. The molecule has 26 heavy (non-hydrogen) atoms. The molecule has 2 atom stereocenters. The zero-order valence-corrected chi connectivity index (χ0v) is 14.1. The topological polar surface area (TPSA) is 75.3 Å². The Hall–Kier alpha value is -2.64. The summed E-state index contributed by atoms with van der Waals surface area (Å²) in [4.78, 5) is 10.7. The van der Waals surface area contributed by atoms with Gasteiger partial charge < -0.3 is 9.63 Å². The maximum Gasteiger partial charge on any atom is 0.231 e. The molecule has 7 heteroatoms. The molecule has 2 unspecified atom stereocenters. The molecule has 4 rings (SSSR count). The average molecular weight is 354 g/mol. The summed E-state index contributed by atoms with van der Waals surface area (Å²) in [6, 6.07) is 10.2. The third-order valence-corrected chi connectivity index (χ3v) is 4.74. The van der Waals surface area contributed by atoms with Gasteiger partial charge in [0.15, 0.2) is 0 Å². The van der Waals surface area contributed by atoms with E-state index in [1.807, 2.05) is 18.2 Å². The van der Waals surface area contributed by atoms with Crippen LogP contribution in [0, 0.1) is 11.7 Å². The fourth-order valence-corrected chi connectivity index (χ4v) is 3.45. The Morgan fingerprint density at radius 3 is 2.81 bits per heavy atom. The zero-order chi connectivity index (χ0) is 17.9. The lowest BCUT2D eigenvalue weighted by atomic mass is 9.97. The number of rotatable bonds is 5. The van der Waals surface area contributed by atoms with Crippen LogP contribution in [0.4, 0.5) is 4.39 Å². The number of nitrogens with zero attached hydrogens (tertiary/aromatic N) is 4. The largest absolute Gasteiger partial charge is 0.396 e. The van der Waals surface area contributed by atoms with Gasteiger partial charge in [-0.25, -0.2) is 4.39 Å². The molecule has 1 fully saturated rings. The molecule has 1 aliphatic rings. The Morgan fingerprint density at radius 2 is 2.04 bits per heavy atom. The van der Waals surface area contributed by atoms with Crippen LogP contribution in [-0.2, 0) is 6.54 Å². The lowest BCUT2D eigenvalue weighted by Gasteiger charge is -2.15. The number of likely N-dealkylation sites (tertiary alicyclic amines) is 1. The lowest BCUT2D eigenvalue weighted by molar-refractivity contribution is 0.205. The SMILES string of the molecule is OCC1CN(Cc2cccc(F)c2)CC1c1nc(-c2ccncc2)no1. The molecule has 0 bridgehead atoms.